The van der Waals surface area contributed by atoms with Crippen molar-refractivity contribution < 1.29 is 18.8 Å². The van der Waals surface area contributed by atoms with Gasteiger partial charge in [0.25, 0.3) is 5.91 Å². The minimum absolute atomic E-state index is 0.325. The zero-order valence-electron chi connectivity index (χ0n) is 16.0. The topological polar surface area (TPSA) is 71.4 Å². The number of hydrogen-bond donors (Lipinski definition) is 1. The Labute approximate surface area is 157 Å². The SMILES string of the molecule is Cc1ccc(-n2c(C)cc(C(=O)CN3C(=O)NC(C)(C)C3=O)c2C)cc1F. The number of amides is 3. The number of imide groups is 1. The van der Waals surface area contributed by atoms with Gasteiger partial charge < -0.3 is 9.88 Å². The summed E-state index contributed by atoms with van der Waals surface area (Å²) in [6.07, 6.45) is 0. The van der Waals surface area contributed by atoms with E-state index < -0.39 is 17.5 Å². The average Bonchev–Trinajstić information content (AvgIpc) is 2.97. The van der Waals surface area contributed by atoms with E-state index in [2.05, 4.69) is 5.32 Å². The molecule has 0 aliphatic carbocycles. The van der Waals surface area contributed by atoms with Crippen LogP contribution in [0.25, 0.3) is 5.69 Å². The molecule has 3 rings (SSSR count). The minimum Gasteiger partial charge on any atom is -0.324 e. The van der Waals surface area contributed by atoms with Gasteiger partial charge >= 0.3 is 6.03 Å². The van der Waals surface area contributed by atoms with Crippen LogP contribution < -0.4 is 5.32 Å². The second kappa shape index (κ2) is 6.33. The summed E-state index contributed by atoms with van der Waals surface area (Å²) in [5.74, 6) is -1.10. The van der Waals surface area contributed by atoms with E-state index in [1.54, 1.807) is 50.5 Å². The molecule has 0 bridgehead atoms. The first-order valence-corrected chi connectivity index (χ1v) is 8.65. The summed E-state index contributed by atoms with van der Waals surface area (Å²) in [5.41, 5.74) is 1.93. The van der Waals surface area contributed by atoms with E-state index >= 15 is 0 Å². The number of Topliss-reactive ketones (excluding diaryl/α,β-unsaturated/α-hetero) is 1. The summed E-state index contributed by atoms with van der Waals surface area (Å²) in [5, 5.41) is 2.56. The van der Waals surface area contributed by atoms with Crippen LogP contribution in [0.2, 0.25) is 0 Å². The molecule has 0 unspecified atom stereocenters. The van der Waals surface area contributed by atoms with Crippen molar-refractivity contribution >= 4 is 17.7 Å². The van der Waals surface area contributed by atoms with Gasteiger partial charge in [-0.3, -0.25) is 14.5 Å². The predicted octanol–water partition coefficient (Wildman–Crippen LogP) is 3.05. The van der Waals surface area contributed by atoms with E-state index in [1.165, 1.54) is 6.07 Å². The molecule has 7 heteroatoms. The first kappa shape index (κ1) is 18.8. The number of carbonyl (C=O) groups is 3. The van der Waals surface area contributed by atoms with Crippen LogP contribution in [0.5, 0.6) is 0 Å². The number of hydrogen-bond acceptors (Lipinski definition) is 3. The highest BCUT2D eigenvalue weighted by molar-refractivity contribution is 6.11. The highest BCUT2D eigenvalue weighted by atomic mass is 19.1. The molecule has 0 radical (unpaired) electrons. The molecular weight excluding hydrogens is 349 g/mol. The first-order chi connectivity index (χ1) is 12.5. The number of nitrogens with zero attached hydrogens (tertiary/aromatic N) is 2. The molecule has 2 aromatic rings. The van der Waals surface area contributed by atoms with E-state index in [1.807, 2.05) is 6.92 Å². The van der Waals surface area contributed by atoms with Crippen LogP contribution in [0.3, 0.4) is 0 Å². The molecule has 1 aromatic carbocycles. The number of urea groups is 1. The molecular formula is C20H22FN3O3. The fourth-order valence-electron chi connectivity index (χ4n) is 3.35. The minimum atomic E-state index is -1.02. The maximum atomic E-state index is 14.0. The largest absolute Gasteiger partial charge is 0.325 e. The second-order valence-corrected chi connectivity index (χ2v) is 7.42. The Morgan fingerprint density at radius 1 is 1.15 bits per heavy atom. The molecule has 1 aliphatic heterocycles. The first-order valence-electron chi connectivity index (χ1n) is 8.65. The highest BCUT2D eigenvalue weighted by Crippen LogP contribution is 2.24. The molecule has 1 N–H and O–H groups in total. The smallest absolute Gasteiger partial charge is 0.324 e. The molecule has 0 atom stereocenters. The molecule has 1 saturated heterocycles. The number of ketones is 1. The van der Waals surface area contributed by atoms with Crippen molar-refractivity contribution in [3.8, 4) is 5.69 Å². The van der Waals surface area contributed by atoms with Crippen LogP contribution in [0, 0.1) is 26.6 Å². The lowest BCUT2D eigenvalue weighted by Gasteiger charge is -2.15. The van der Waals surface area contributed by atoms with E-state index in [4.69, 9.17) is 0 Å². The quantitative estimate of drug-likeness (QED) is 0.663. The van der Waals surface area contributed by atoms with Gasteiger partial charge in [-0.05, 0) is 58.4 Å². The molecule has 2 heterocycles. The molecule has 27 heavy (non-hydrogen) atoms. The zero-order chi connectivity index (χ0) is 20.1. The summed E-state index contributed by atoms with van der Waals surface area (Å²) in [6.45, 7) is 8.11. The Morgan fingerprint density at radius 3 is 2.37 bits per heavy atom. The molecule has 3 amide bonds. The number of halogens is 1. The zero-order valence-corrected chi connectivity index (χ0v) is 16.0. The number of benzene rings is 1. The Balaban J connectivity index is 1.92. The summed E-state index contributed by atoms with van der Waals surface area (Å²) >= 11 is 0. The van der Waals surface area contributed by atoms with Crippen molar-refractivity contribution in [2.75, 3.05) is 6.54 Å². The summed E-state index contributed by atoms with van der Waals surface area (Å²) in [6, 6.07) is 6.00. The Morgan fingerprint density at radius 2 is 1.81 bits per heavy atom. The average molecular weight is 371 g/mol. The van der Waals surface area contributed by atoms with E-state index in [9.17, 15) is 18.8 Å². The Bertz CT molecular complexity index is 975. The molecule has 6 nitrogen and oxygen atoms in total. The summed E-state index contributed by atoms with van der Waals surface area (Å²) < 4.78 is 15.7. The highest BCUT2D eigenvalue weighted by Gasteiger charge is 2.45. The fourth-order valence-corrected chi connectivity index (χ4v) is 3.35. The maximum Gasteiger partial charge on any atom is 0.325 e. The molecule has 1 aliphatic rings. The van der Waals surface area contributed by atoms with Gasteiger partial charge in [0.2, 0.25) is 0 Å². The molecule has 0 spiro atoms. The number of aromatic nitrogens is 1. The number of rotatable bonds is 4. The van der Waals surface area contributed by atoms with Crippen molar-refractivity contribution in [1.29, 1.82) is 0 Å². The lowest BCUT2D eigenvalue weighted by molar-refractivity contribution is -0.129. The van der Waals surface area contributed by atoms with Crippen LogP contribution in [-0.4, -0.2) is 39.3 Å². The standard InChI is InChI=1S/C20H22FN3O3/c1-11-6-7-14(9-16(11)21)24-12(2)8-15(13(24)3)17(25)10-23-18(26)20(4,5)22-19(23)27/h6-9H,10H2,1-5H3,(H,22,27). The van der Waals surface area contributed by atoms with Gasteiger partial charge in [-0.2, -0.15) is 0 Å². The molecule has 1 aromatic heterocycles. The van der Waals surface area contributed by atoms with Gasteiger partial charge in [0, 0.05) is 22.6 Å². The van der Waals surface area contributed by atoms with Gasteiger partial charge in [-0.15, -0.1) is 0 Å². The van der Waals surface area contributed by atoms with E-state index in [0.717, 1.165) is 10.6 Å². The number of nitrogens with one attached hydrogen (secondary N) is 1. The van der Waals surface area contributed by atoms with Crippen molar-refractivity contribution in [1.82, 2.24) is 14.8 Å². The third-order valence-electron chi connectivity index (χ3n) is 4.89. The van der Waals surface area contributed by atoms with E-state index in [0.29, 0.717) is 22.5 Å². The van der Waals surface area contributed by atoms with Crippen LogP contribution in [0.4, 0.5) is 9.18 Å². The van der Waals surface area contributed by atoms with Crippen molar-refractivity contribution in [2.45, 2.75) is 40.2 Å². The normalized spacial score (nSPS) is 16.0. The monoisotopic (exact) mass is 371 g/mol. The number of aryl methyl sites for hydroxylation is 2. The number of carbonyl (C=O) groups excluding carboxylic acids is 3. The van der Waals surface area contributed by atoms with Crippen molar-refractivity contribution in [2.24, 2.45) is 0 Å². The van der Waals surface area contributed by atoms with Gasteiger partial charge in [0.05, 0.1) is 6.54 Å². The van der Waals surface area contributed by atoms with Gasteiger partial charge in [-0.1, -0.05) is 6.07 Å². The lowest BCUT2D eigenvalue weighted by atomic mass is 10.1. The lowest BCUT2D eigenvalue weighted by Crippen LogP contribution is -2.41. The van der Waals surface area contributed by atoms with Crippen LogP contribution in [0.1, 0.15) is 41.2 Å². The molecule has 1 fully saturated rings. The summed E-state index contributed by atoms with van der Waals surface area (Å²) in [4.78, 5) is 38.0. The third kappa shape index (κ3) is 3.13. The predicted molar refractivity (Wildman–Crippen MR) is 98.6 cm³/mol. The Hall–Kier alpha value is -2.96. The second-order valence-electron chi connectivity index (χ2n) is 7.42. The third-order valence-corrected chi connectivity index (χ3v) is 4.89. The fraction of sp³-hybridized carbons (Fsp3) is 0.350. The maximum absolute atomic E-state index is 14.0. The van der Waals surface area contributed by atoms with Gasteiger partial charge in [0.1, 0.15) is 11.4 Å². The molecule has 0 saturated carbocycles. The van der Waals surface area contributed by atoms with Crippen LogP contribution >= 0.6 is 0 Å². The van der Waals surface area contributed by atoms with Gasteiger partial charge in [0.15, 0.2) is 5.78 Å². The van der Waals surface area contributed by atoms with Gasteiger partial charge in [-0.25, -0.2) is 9.18 Å². The van der Waals surface area contributed by atoms with Crippen molar-refractivity contribution in [3.63, 3.8) is 0 Å². The molecule has 142 valence electrons. The van der Waals surface area contributed by atoms with Crippen LogP contribution in [-0.2, 0) is 4.79 Å². The van der Waals surface area contributed by atoms with Crippen LogP contribution in [0.15, 0.2) is 24.3 Å². The van der Waals surface area contributed by atoms with E-state index in [-0.39, 0.29) is 18.1 Å². The Kier molecular flexibility index (Phi) is 4.41. The summed E-state index contributed by atoms with van der Waals surface area (Å²) in [7, 11) is 0. The van der Waals surface area contributed by atoms with Crippen molar-refractivity contribution in [3.05, 3.63) is 52.6 Å².